The molecular formula is C10H3F17O2S. The Morgan fingerprint density at radius 3 is 1.07 bits per heavy atom. The summed E-state index contributed by atoms with van der Waals surface area (Å²) in [6.07, 6.45) is -7.81. The first kappa shape index (κ1) is 28.6. The zero-order chi connectivity index (χ0) is 25.0. The van der Waals surface area contributed by atoms with Crippen LogP contribution in [0.4, 0.5) is 74.6 Å². The number of alkyl halides is 17. The van der Waals surface area contributed by atoms with Crippen molar-refractivity contribution in [3.05, 3.63) is 0 Å². The van der Waals surface area contributed by atoms with Gasteiger partial charge < -0.3 is 5.11 Å². The summed E-state index contributed by atoms with van der Waals surface area (Å²) in [5, 5.41) is 1.22. The fourth-order valence-electron chi connectivity index (χ4n) is 1.39. The van der Waals surface area contributed by atoms with Gasteiger partial charge in [-0.3, -0.25) is 4.79 Å². The molecule has 0 aromatic rings. The molecule has 30 heavy (non-hydrogen) atoms. The number of aliphatic carboxylic acids is 1. The second-order valence-corrected chi connectivity index (χ2v) is 6.23. The Hall–Kier alpha value is -1.37. The summed E-state index contributed by atoms with van der Waals surface area (Å²) in [7, 11) is 0. The molecule has 20 heteroatoms. The number of carboxylic acid groups (broad SMARTS) is 1. The van der Waals surface area contributed by atoms with E-state index in [4.69, 9.17) is 5.11 Å². The second-order valence-electron chi connectivity index (χ2n) is 5.14. The summed E-state index contributed by atoms with van der Waals surface area (Å²) in [6.45, 7) is 0. The highest BCUT2D eigenvalue weighted by molar-refractivity contribution is 8.01. The van der Waals surface area contributed by atoms with E-state index in [0.29, 0.717) is 0 Å². The molecule has 0 saturated heterocycles. The zero-order valence-electron chi connectivity index (χ0n) is 12.9. The minimum absolute atomic E-state index is 2.09. The lowest BCUT2D eigenvalue weighted by molar-refractivity contribution is -0.458. The monoisotopic (exact) mass is 510 g/mol. The third-order valence-corrected chi connectivity index (χ3v) is 4.08. The highest BCUT2D eigenvalue weighted by atomic mass is 32.2. The Morgan fingerprint density at radius 2 is 0.800 bits per heavy atom. The van der Waals surface area contributed by atoms with Crippen LogP contribution in [0.2, 0.25) is 0 Å². The van der Waals surface area contributed by atoms with Gasteiger partial charge in [0.1, 0.15) is 0 Å². The predicted octanol–water partition coefficient (Wildman–Crippen LogP) is 5.77. The van der Waals surface area contributed by atoms with Crippen molar-refractivity contribution in [2.24, 2.45) is 0 Å². The quantitative estimate of drug-likeness (QED) is 0.401. The van der Waals surface area contributed by atoms with Gasteiger partial charge in [0.2, 0.25) is 0 Å². The number of halogens is 17. The van der Waals surface area contributed by atoms with Crippen LogP contribution in [0.15, 0.2) is 0 Å². The Morgan fingerprint density at radius 1 is 0.533 bits per heavy atom. The standard InChI is InChI=1S/C10H3F17O2S/c11-3(12,5(15,16)7(19,20)9(23,24)25)4(13,14)6(17,18)8(21,22)10(26,27)30-1-2(28)29/h1H2,(H,28,29). The molecular weight excluding hydrogens is 507 g/mol. The molecule has 0 bridgehead atoms. The molecule has 0 aliphatic rings. The van der Waals surface area contributed by atoms with E-state index in [-0.39, 0.29) is 0 Å². The van der Waals surface area contributed by atoms with Gasteiger partial charge in [-0.2, -0.15) is 74.6 Å². The van der Waals surface area contributed by atoms with Gasteiger partial charge in [-0.1, -0.05) is 11.8 Å². The van der Waals surface area contributed by atoms with E-state index in [1.807, 2.05) is 0 Å². The highest BCUT2D eigenvalue weighted by Crippen LogP contribution is 2.64. The molecule has 0 heterocycles. The lowest BCUT2D eigenvalue weighted by atomic mass is 9.91. The fraction of sp³-hybridized carbons (Fsp3) is 0.900. The summed E-state index contributed by atoms with van der Waals surface area (Å²) < 4.78 is 218. The van der Waals surface area contributed by atoms with Crippen LogP contribution in [0.25, 0.3) is 0 Å². The van der Waals surface area contributed by atoms with Gasteiger partial charge in [-0.15, -0.1) is 0 Å². The highest BCUT2D eigenvalue weighted by Gasteiger charge is 2.95. The second kappa shape index (κ2) is 7.35. The van der Waals surface area contributed by atoms with E-state index in [9.17, 15) is 79.4 Å². The van der Waals surface area contributed by atoms with E-state index in [1.54, 1.807) is 0 Å². The maximum atomic E-state index is 13.2. The van der Waals surface area contributed by atoms with Gasteiger partial charge in [-0.25, -0.2) is 0 Å². The number of hydrogen-bond donors (Lipinski definition) is 1. The maximum absolute atomic E-state index is 13.2. The summed E-state index contributed by atoms with van der Waals surface area (Å²) in [5.74, 6) is -55.2. The van der Waals surface area contributed by atoms with Gasteiger partial charge >= 0.3 is 52.9 Å². The number of carbonyl (C=O) groups is 1. The number of hydrogen-bond acceptors (Lipinski definition) is 2. The first-order chi connectivity index (χ1) is 12.7. The van der Waals surface area contributed by atoms with E-state index >= 15 is 0 Å². The molecule has 0 rings (SSSR count). The fourth-order valence-corrected chi connectivity index (χ4v) is 2.01. The molecule has 0 saturated carbocycles. The van der Waals surface area contributed by atoms with E-state index in [0.717, 1.165) is 0 Å². The lowest BCUT2D eigenvalue weighted by Crippen LogP contribution is -2.74. The Kier molecular flexibility index (Phi) is 7.01. The van der Waals surface area contributed by atoms with Gasteiger partial charge in [0.05, 0.1) is 5.75 Å². The third kappa shape index (κ3) is 3.82. The van der Waals surface area contributed by atoms with Crippen LogP contribution in [0, 0.1) is 0 Å². The van der Waals surface area contributed by atoms with Crippen LogP contribution in [-0.2, 0) is 4.79 Å². The van der Waals surface area contributed by atoms with Gasteiger partial charge in [-0.05, 0) is 0 Å². The predicted molar refractivity (Wildman–Crippen MR) is 60.8 cm³/mol. The average Bonchev–Trinajstić information content (AvgIpc) is 2.50. The number of carboxylic acids is 1. The van der Waals surface area contributed by atoms with Crippen molar-refractivity contribution < 1.29 is 84.5 Å². The Bertz CT molecular complexity index is 651. The SMILES string of the molecule is O=C(O)CSC(F)(F)C(F)(F)C(F)(F)C(F)(F)C(F)(F)C(F)(F)C(F)(F)C(F)(F)F. The molecule has 0 aromatic heterocycles. The number of thioether (sulfide) groups is 1. The van der Waals surface area contributed by atoms with Crippen LogP contribution in [0.3, 0.4) is 0 Å². The van der Waals surface area contributed by atoms with E-state index in [1.165, 1.54) is 0 Å². The first-order valence-corrected chi connectivity index (χ1v) is 7.22. The molecule has 1 N–H and O–H groups in total. The molecule has 0 aromatic carbocycles. The average molecular weight is 510 g/mol. The minimum Gasteiger partial charge on any atom is -0.481 e. The summed E-state index contributed by atoms with van der Waals surface area (Å²) in [6, 6.07) is 0. The van der Waals surface area contributed by atoms with Crippen molar-refractivity contribution in [2.45, 2.75) is 47.0 Å². The number of rotatable bonds is 9. The maximum Gasteiger partial charge on any atom is 0.460 e. The smallest absolute Gasteiger partial charge is 0.460 e. The van der Waals surface area contributed by atoms with Crippen molar-refractivity contribution in [3.8, 4) is 0 Å². The Labute approximate surface area is 156 Å². The molecule has 0 amide bonds. The van der Waals surface area contributed by atoms with Crippen molar-refractivity contribution in [1.29, 1.82) is 0 Å². The molecule has 180 valence electrons. The summed E-state index contributed by atoms with van der Waals surface area (Å²) >= 11 is -2.09. The van der Waals surface area contributed by atoms with Crippen molar-refractivity contribution in [1.82, 2.24) is 0 Å². The normalized spacial score (nSPS) is 16.0. The summed E-state index contributed by atoms with van der Waals surface area (Å²) in [5.41, 5.74) is 0. The lowest BCUT2D eigenvalue weighted by Gasteiger charge is -2.42. The molecule has 0 radical (unpaired) electrons. The van der Waals surface area contributed by atoms with Gasteiger partial charge in [0.25, 0.3) is 0 Å². The third-order valence-electron chi connectivity index (χ3n) is 3.07. The van der Waals surface area contributed by atoms with Crippen LogP contribution >= 0.6 is 11.8 Å². The van der Waals surface area contributed by atoms with Crippen LogP contribution in [0.1, 0.15) is 0 Å². The largest absolute Gasteiger partial charge is 0.481 e. The molecule has 0 atom stereocenters. The van der Waals surface area contributed by atoms with Crippen LogP contribution in [0.5, 0.6) is 0 Å². The van der Waals surface area contributed by atoms with E-state index in [2.05, 4.69) is 0 Å². The Balaban J connectivity index is 6.58. The molecule has 2 nitrogen and oxygen atoms in total. The first-order valence-electron chi connectivity index (χ1n) is 6.24. The van der Waals surface area contributed by atoms with Gasteiger partial charge in [0, 0.05) is 0 Å². The molecule has 0 aliphatic heterocycles. The molecule has 0 unspecified atom stereocenters. The summed E-state index contributed by atoms with van der Waals surface area (Å²) in [4.78, 5) is 9.97. The van der Waals surface area contributed by atoms with Crippen molar-refractivity contribution in [2.75, 3.05) is 5.75 Å². The molecule has 0 fully saturated rings. The zero-order valence-corrected chi connectivity index (χ0v) is 13.7. The van der Waals surface area contributed by atoms with E-state index < -0.39 is 70.5 Å². The van der Waals surface area contributed by atoms with Crippen molar-refractivity contribution in [3.63, 3.8) is 0 Å². The molecule has 0 aliphatic carbocycles. The van der Waals surface area contributed by atoms with Gasteiger partial charge in [0.15, 0.2) is 0 Å². The minimum atomic E-state index is -8.69. The van der Waals surface area contributed by atoms with Crippen LogP contribution < -0.4 is 0 Å². The topological polar surface area (TPSA) is 37.3 Å². The van der Waals surface area contributed by atoms with Crippen LogP contribution in [-0.4, -0.2) is 63.8 Å². The van der Waals surface area contributed by atoms with Crippen molar-refractivity contribution >= 4 is 17.7 Å². The molecule has 0 spiro atoms.